The normalized spacial score (nSPS) is 14.1. The van der Waals surface area contributed by atoms with Gasteiger partial charge in [0.05, 0.1) is 29.6 Å². The Morgan fingerprint density at radius 2 is 1.83 bits per heavy atom. The number of amides is 3. The van der Waals surface area contributed by atoms with Crippen molar-refractivity contribution in [3.8, 4) is 34.2 Å². The summed E-state index contributed by atoms with van der Waals surface area (Å²) < 4.78 is 1.73. The molecule has 0 spiro atoms. The van der Waals surface area contributed by atoms with Crippen LogP contribution in [0.25, 0.3) is 44.1 Å². The Hall–Kier alpha value is -6.67. The Bertz CT molecular complexity index is 2530. The molecule has 1 unspecified atom stereocenters. The number of hydrogen-bond acceptors (Lipinski definition) is 8. The van der Waals surface area contributed by atoms with E-state index in [9.17, 15) is 19.2 Å². The predicted octanol–water partition coefficient (Wildman–Crippen LogP) is 5.08. The lowest BCUT2D eigenvalue weighted by atomic mass is 9.93. The van der Waals surface area contributed by atoms with E-state index < -0.39 is 6.04 Å². The second kappa shape index (κ2) is 14.3. The van der Waals surface area contributed by atoms with Crippen LogP contribution in [0.15, 0.2) is 90.2 Å². The number of pyridine rings is 4. The average molecular weight is 690 g/mol. The molecule has 11 heteroatoms. The average Bonchev–Trinajstić information content (AvgIpc) is 3.16. The summed E-state index contributed by atoms with van der Waals surface area (Å²) in [5.74, 6) is 4.87. The van der Waals surface area contributed by atoms with Crippen LogP contribution in [0.1, 0.15) is 46.9 Å². The lowest BCUT2D eigenvalue weighted by molar-refractivity contribution is -0.133. The van der Waals surface area contributed by atoms with Crippen molar-refractivity contribution in [1.82, 2.24) is 30.2 Å². The molecule has 1 aliphatic rings. The number of hydrogen-bond donors (Lipinski definition) is 3. The van der Waals surface area contributed by atoms with Gasteiger partial charge in [0.25, 0.3) is 11.5 Å². The first-order chi connectivity index (χ1) is 25.2. The predicted molar refractivity (Wildman–Crippen MR) is 201 cm³/mol. The van der Waals surface area contributed by atoms with Crippen molar-refractivity contribution in [1.29, 1.82) is 0 Å². The minimum absolute atomic E-state index is 0.000524. The fourth-order valence-corrected chi connectivity index (χ4v) is 6.43. The number of fused-ring (bicyclic) bond motifs is 2. The Morgan fingerprint density at radius 1 is 0.962 bits per heavy atom. The van der Waals surface area contributed by atoms with E-state index >= 15 is 0 Å². The third-order valence-electron chi connectivity index (χ3n) is 9.23. The molecule has 1 fully saturated rings. The molecule has 1 saturated heterocycles. The van der Waals surface area contributed by atoms with Crippen molar-refractivity contribution in [2.45, 2.75) is 39.2 Å². The molecule has 3 amide bonds. The van der Waals surface area contributed by atoms with Gasteiger partial charge in [0, 0.05) is 59.5 Å². The fraction of sp³-hybridized carbons (Fsp3) is 0.195. The Labute approximate surface area is 299 Å². The Balaban J connectivity index is 1.04. The lowest BCUT2D eigenvalue weighted by Crippen LogP contribution is -2.47. The van der Waals surface area contributed by atoms with Gasteiger partial charge in [0.2, 0.25) is 11.8 Å². The van der Waals surface area contributed by atoms with Crippen LogP contribution in [0, 0.1) is 18.8 Å². The number of piperidine rings is 1. The quantitative estimate of drug-likeness (QED) is 0.155. The van der Waals surface area contributed by atoms with E-state index in [0.29, 0.717) is 23.2 Å². The highest BCUT2D eigenvalue weighted by Crippen LogP contribution is 2.36. The van der Waals surface area contributed by atoms with Crippen molar-refractivity contribution in [2.24, 2.45) is 7.05 Å². The molecule has 5 heterocycles. The van der Waals surface area contributed by atoms with Crippen LogP contribution in [-0.2, 0) is 23.1 Å². The van der Waals surface area contributed by atoms with Crippen LogP contribution in [0.5, 0.6) is 0 Å². The summed E-state index contributed by atoms with van der Waals surface area (Å²) in [4.78, 5) is 62.4. The zero-order valence-corrected chi connectivity index (χ0v) is 28.9. The number of rotatable bonds is 7. The van der Waals surface area contributed by atoms with Crippen molar-refractivity contribution >= 4 is 45.1 Å². The first kappa shape index (κ1) is 33.8. The molecule has 0 saturated carbocycles. The van der Waals surface area contributed by atoms with Gasteiger partial charge in [-0.3, -0.25) is 39.4 Å². The molecule has 0 bridgehead atoms. The minimum atomic E-state index is -0.523. The van der Waals surface area contributed by atoms with Crippen LogP contribution < -0.4 is 21.5 Å². The lowest BCUT2D eigenvalue weighted by Gasteiger charge is -2.22. The number of carbonyl (C=O) groups is 3. The van der Waals surface area contributed by atoms with Gasteiger partial charge in [-0.05, 0) is 78.2 Å². The minimum Gasteiger partial charge on any atom is -0.372 e. The molecule has 11 nitrogen and oxygen atoms in total. The molecular weight excluding hydrogens is 654 g/mol. The molecule has 7 rings (SSSR count). The van der Waals surface area contributed by atoms with Crippen molar-refractivity contribution < 1.29 is 14.4 Å². The maximum absolute atomic E-state index is 12.8. The number of nitrogens with zero attached hydrogens (tertiary/aromatic N) is 4. The van der Waals surface area contributed by atoms with Crippen LogP contribution in [0.3, 0.4) is 0 Å². The molecule has 6 aromatic rings. The fourth-order valence-electron chi connectivity index (χ4n) is 6.43. The summed E-state index contributed by atoms with van der Waals surface area (Å²) in [6, 6.07) is 19.2. The van der Waals surface area contributed by atoms with Gasteiger partial charge in [-0.25, -0.2) is 0 Å². The van der Waals surface area contributed by atoms with E-state index in [1.807, 2.05) is 50.5 Å². The number of nitrogens with one attached hydrogen (secondary N) is 3. The Kier molecular flexibility index (Phi) is 9.29. The number of imide groups is 1. The maximum Gasteiger partial charge on any atom is 0.270 e. The number of benzene rings is 2. The van der Waals surface area contributed by atoms with Crippen LogP contribution in [0.4, 0.5) is 5.69 Å². The van der Waals surface area contributed by atoms with Gasteiger partial charge < -0.3 is 15.2 Å². The first-order valence-electron chi connectivity index (χ1n) is 17.0. The van der Waals surface area contributed by atoms with Gasteiger partial charge in [-0.2, -0.15) is 0 Å². The number of anilines is 1. The van der Waals surface area contributed by atoms with Gasteiger partial charge >= 0.3 is 0 Å². The third-order valence-corrected chi connectivity index (χ3v) is 9.23. The van der Waals surface area contributed by atoms with Crippen LogP contribution >= 0.6 is 0 Å². The second-order valence-corrected chi connectivity index (χ2v) is 12.7. The van der Waals surface area contributed by atoms with E-state index in [1.165, 1.54) is 0 Å². The Morgan fingerprint density at radius 3 is 2.62 bits per heavy atom. The largest absolute Gasteiger partial charge is 0.372 e. The summed E-state index contributed by atoms with van der Waals surface area (Å²) >= 11 is 0. The molecular formula is C41H35N7O4. The van der Waals surface area contributed by atoms with Crippen molar-refractivity contribution in [3.63, 3.8) is 0 Å². The number of carbonyl (C=O) groups excluding carboxylic acids is 3. The highest BCUT2D eigenvalue weighted by atomic mass is 16.2. The van der Waals surface area contributed by atoms with E-state index in [4.69, 9.17) is 4.98 Å². The molecule has 1 atom stereocenters. The molecule has 0 radical (unpaired) electrons. The van der Waals surface area contributed by atoms with Gasteiger partial charge in [0.15, 0.2) is 0 Å². The smallest absolute Gasteiger partial charge is 0.270 e. The van der Waals surface area contributed by atoms with E-state index in [-0.39, 0.29) is 41.9 Å². The highest BCUT2D eigenvalue weighted by molar-refractivity contribution is 6.05. The third kappa shape index (κ3) is 6.87. The van der Waals surface area contributed by atoms with Crippen molar-refractivity contribution in [2.75, 3.05) is 11.9 Å². The summed E-state index contributed by atoms with van der Waals surface area (Å²) in [5.41, 5.74) is 7.79. The first-order valence-corrected chi connectivity index (χ1v) is 17.0. The van der Waals surface area contributed by atoms with Crippen LogP contribution in [-0.4, -0.2) is 49.8 Å². The zero-order valence-electron chi connectivity index (χ0n) is 28.9. The molecule has 1 aliphatic heterocycles. The second-order valence-electron chi connectivity index (χ2n) is 12.7. The van der Waals surface area contributed by atoms with E-state index in [1.54, 1.807) is 35.3 Å². The zero-order chi connectivity index (χ0) is 36.4. The van der Waals surface area contributed by atoms with Crippen LogP contribution in [0.2, 0.25) is 0 Å². The topological polar surface area (TPSA) is 148 Å². The van der Waals surface area contributed by atoms with Gasteiger partial charge in [-0.1, -0.05) is 43.0 Å². The summed E-state index contributed by atoms with van der Waals surface area (Å²) in [5, 5.41) is 11.2. The molecule has 4 aromatic heterocycles. The van der Waals surface area contributed by atoms with E-state index in [0.717, 1.165) is 56.0 Å². The number of aryl methyl sites for hydroxylation is 3. The van der Waals surface area contributed by atoms with Gasteiger partial charge in [0.1, 0.15) is 11.7 Å². The molecule has 52 heavy (non-hydrogen) atoms. The number of aromatic nitrogens is 4. The monoisotopic (exact) mass is 689 g/mol. The highest BCUT2D eigenvalue weighted by Gasteiger charge is 2.26. The van der Waals surface area contributed by atoms with Gasteiger partial charge in [-0.15, -0.1) is 0 Å². The standard InChI is InChI=1S/C41H35N7O4/c1-4-25-17-31(32-15-24(2)41(52)48(3)37(32)18-25)30-9-5-8-27-19-36(45-23-33(27)30)28-10-11-34(44-21-28)39(50)43-14-6-7-26-16-29(22-42-20-26)46-35-12-13-38(49)47-40(35)51/h5,8-11,15-23,35,46H,4,12-14H2,1-3H3,(H,43,50)(H,47,49,51). The molecule has 258 valence electrons. The SMILES string of the molecule is CCc1cc(-c2cccc3cc(-c4ccc(C(=O)NCC#Cc5cncc(NC6CCC(=O)NC6=O)c5)nc4)ncc23)c2cc(C)c(=O)n(C)c2c1. The van der Waals surface area contributed by atoms with E-state index in [2.05, 4.69) is 62.9 Å². The molecule has 0 aliphatic carbocycles. The van der Waals surface area contributed by atoms with Crippen molar-refractivity contribution in [3.05, 3.63) is 118 Å². The maximum atomic E-state index is 12.8. The summed E-state index contributed by atoms with van der Waals surface area (Å²) in [7, 11) is 1.82. The summed E-state index contributed by atoms with van der Waals surface area (Å²) in [6.45, 7) is 4.05. The molecule has 3 N–H and O–H groups in total. The molecule has 2 aromatic carbocycles. The summed E-state index contributed by atoms with van der Waals surface area (Å²) in [6.07, 6.45) is 8.18.